The highest BCUT2D eigenvalue weighted by Crippen LogP contribution is 2.31. The van der Waals surface area contributed by atoms with E-state index in [1.165, 1.54) is 0 Å². The van der Waals surface area contributed by atoms with Crippen molar-refractivity contribution in [2.24, 2.45) is 0 Å². The van der Waals surface area contributed by atoms with E-state index in [2.05, 4.69) is 4.98 Å². The first kappa shape index (κ1) is 13.5. The molecular formula is C16H15NO4. The first-order valence-corrected chi connectivity index (χ1v) is 6.47. The summed E-state index contributed by atoms with van der Waals surface area (Å²) in [6.07, 6.45) is 0. The van der Waals surface area contributed by atoms with Crippen LogP contribution in [0.2, 0.25) is 0 Å². The van der Waals surface area contributed by atoms with Crippen LogP contribution in [0.5, 0.6) is 11.5 Å². The molecule has 5 nitrogen and oxygen atoms in total. The molecule has 3 aromatic rings. The third kappa shape index (κ3) is 2.55. The van der Waals surface area contributed by atoms with Gasteiger partial charge in [-0.2, -0.15) is 0 Å². The third-order valence-electron chi connectivity index (χ3n) is 3.23. The second-order valence-corrected chi connectivity index (χ2v) is 4.58. The highest BCUT2D eigenvalue weighted by Gasteiger charge is 2.11. The predicted molar refractivity (Wildman–Crippen MR) is 78.5 cm³/mol. The number of aromatic nitrogens is 1. The second-order valence-electron chi connectivity index (χ2n) is 4.58. The van der Waals surface area contributed by atoms with Gasteiger partial charge in [0.25, 0.3) is 0 Å². The van der Waals surface area contributed by atoms with Crippen LogP contribution >= 0.6 is 0 Å². The van der Waals surface area contributed by atoms with E-state index in [1.54, 1.807) is 26.4 Å². The first-order valence-electron chi connectivity index (χ1n) is 6.47. The summed E-state index contributed by atoms with van der Waals surface area (Å²) in [6.45, 7) is -0.0288. The maximum atomic E-state index is 9.16. The summed E-state index contributed by atoms with van der Waals surface area (Å²) in [6, 6.07) is 10.9. The van der Waals surface area contributed by atoms with E-state index >= 15 is 0 Å². The zero-order valence-corrected chi connectivity index (χ0v) is 11.8. The lowest BCUT2D eigenvalue weighted by molar-refractivity contribution is 0.282. The van der Waals surface area contributed by atoms with Crippen molar-refractivity contribution >= 4 is 11.1 Å². The van der Waals surface area contributed by atoms with E-state index in [9.17, 15) is 0 Å². The van der Waals surface area contributed by atoms with E-state index in [0.717, 1.165) is 16.6 Å². The van der Waals surface area contributed by atoms with Gasteiger partial charge in [-0.25, -0.2) is 4.98 Å². The summed E-state index contributed by atoms with van der Waals surface area (Å²) >= 11 is 0. The summed E-state index contributed by atoms with van der Waals surface area (Å²) in [7, 11) is 3.19. The lowest BCUT2D eigenvalue weighted by Crippen LogP contribution is -1.88. The number of nitrogens with zero attached hydrogens (tertiary/aromatic N) is 1. The van der Waals surface area contributed by atoms with Gasteiger partial charge in [0.1, 0.15) is 17.0 Å². The van der Waals surface area contributed by atoms with E-state index in [0.29, 0.717) is 23.0 Å². The Morgan fingerprint density at radius 1 is 1.05 bits per heavy atom. The molecule has 1 aromatic heterocycles. The quantitative estimate of drug-likeness (QED) is 0.798. The highest BCUT2D eigenvalue weighted by atomic mass is 16.5. The fraction of sp³-hybridized carbons (Fsp3) is 0.188. The SMILES string of the molecule is COc1cc(OC)cc(-c2nc3ccc(CO)cc3o2)c1. The molecule has 2 aromatic carbocycles. The van der Waals surface area contributed by atoms with Gasteiger partial charge in [0, 0.05) is 11.6 Å². The molecule has 0 amide bonds. The zero-order valence-electron chi connectivity index (χ0n) is 11.8. The zero-order chi connectivity index (χ0) is 14.8. The molecule has 0 saturated heterocycles. The standard InChI is InChI=1S/C16H15NO4/c1-19-12-6-11(7-13(8-12)20-2)16-17-14-4-3-10(9-18)5-15(14)21-16/h3-8,18H,9H2,1-2H3. The molecule has 5 heteroatoms. The number of ether oxygens (including phenoxy) is 2. The fourth-order valence-electron chi connectivity index (χ4n) is 2.12. The minimum Gasteiger partial charge on any atom is -0.497 e. The van der Waals surface area contributed by atoms with Crippen molar-refractivity contribution in [3.8, 4) is 23.0 Å². The Labute approximate surface area is 121 Å². The normalized spacial score (nSPS) is 10.8. The van der Waals surface area contributed by atoms with Crippen molar-refractivity contribution < 1.29 is 19.0 Å². The average Bonchev–Trinajstić information content (AvgIpc) is 2.97. The lowest BCUT2D eigenvalue weighted by atomic mass is 10.2. The number of benzene rings is 2. The summed E-state index contributed by atoms with van der Waals surface area (Å²) < 4.78 is 16.3. The molecule has 0 bridgehead atoms. The number of hydrogen-bond donors (Lipinski definition) is 1. The van der Waals surface area contributed by atoms with Gasteiger partial charge in [-0.3, -0.25) is 0 Å². The number of aliphatic hydroxyl groups is 1. The monoisotopic (exact) mass is 285 g/mol. The molecule has 1 N–H and O–H groups in total. The van der Waals surface area contributed by atoms with Crippen molar-refractivity contribution in [3.63, 3.8) is 0 Å². The molecule has 3 rings (SSSR count). The molecule has 0 fully saturated rings. The Morgan fingerprint density at radius 3 is 2.38 bits per heavy atom. The number of aliphatic hydroxyl groups excluding tert-OH is 1. The molecule has 0 aliphatic carbocycles. The van der Waals surface area contributed by atoms with E-state index in [1.807, 2.05) is 24.3 Å². The second kappa shape index (κ2) is 5.46. The molecular weight excluding hydrogens is 270 g/mol. The molecule has 0 radical (unpaired) electrons. The molecule has 0 aliphatic heterocycles. The minimum absolute atomic E-state index is 0.0288. The van der Waals surface area contributed by atoms with Crippen LogP contribution in [0.25, 0.3) is 22.6 Å². The van der Waals surface area contributed by atoms with Gasteiger partial charge in [0.15, 0.2) is 5.58 Å². The summed E-state index contributed by atoms with van der Waals surface area (Å²) in [5.41, 5.74) is 2.93. The van der Waals surface area contributed by atoms with Crippen LogP contribution in [0.15, 0.2) is 40.8 Å². The van der Waals surface area contributed by atoms with Crippen LogP contribution in [0.1, 0.15) is 5.56 Å². The van der Waals surface area contributed by atoms with Crippen LogP contribution in [0.3, 0.4) is 0 Å². The molecule has 0 atom stereocenters. The number of rotatable bonds is 4. The van der Waals surface area contributed by atoms with Crippen molar-refractivity contribution in [1.82, 2.24) is 4.98 Å². The summed E-state index contributed by atoms with van der Waals surface area (Å²) in [5, 5.41) is 9.16. The van der Waals surface area contributed by atoms with Crippen LogP contribution in [0.4, 0.5) is 0 Å². The Kier molecular flexibility index (Phi) is 3.50. The van der Waals surface area contributed by atoms with Gasteiger partial charge in [-0.15, -0.1) is 0 Å². The Balaban J connectivity index is 2.11. The van der Waals surface area contributed by atoms with Gasteiger partial charge in [0.2, 0.25) is 5.89 Å². The van der Waals surface area contributed by atoms with Crippen molar-refractivity contribution in [2.45, 2.75) is 6.61 Å². The van der Waals surface area contributed by atoms with Gasteiger partial charge in [-0.05, 0) is 29.8 Å². The minimum atomic E-state index is -0.0288. The largest absolute Gasteiger partial charge is 0.497 e. The van der Waals surface area contributed by atoms with Gasteiger partial charge >= 0.3 is 0 Å². The van der Waals surface area contributed by atoms with Crippen molar-refractivity contribution in [2.75, 3.05) is 14.2 Å². The number of methoxy groups -OCH3 is 2. The smallest absolute Gasteiger partial charge is 0.227 e. The predicted octanol–water partition coefficient (Wildman–Crippen LogP) is 3.00. The Morgan fingerprint density at radius 2 is 1.76 bits per heavy atom. The molecule has 108 valence electrons. The average molecular weight is 285 g/mol. The third-order valence-corrected chi connectivity index (χ3v) is 3.23. The Hall–Kier alpha value is -2.53. The van der Waals surface area contributed by atoms with Crippen molar-refractivity contribution in [3.05, 3.63) is 42.0 Å². The van der Waals surface area contributed by atoms with Crippen LogP contribution in [-0.2, 0) is 6.61 Å². The maximum absolute atomic E-state index is 9.16. The maximum Gasteiger partial charge on any atom is 0.227 e. The van der Waals surface area contributed by atoms with Gasteiger partial charge in [0.05, 0.1) is 20.8 Å². The topological polar surface area (TPSA) is 64.7 Å². The van der Waals surface area contributed by atoms with E-state index in [-0.39, 0.29) is 6.61 Å². The molecule has 0 spiro atoms. The van der Waals surface area contributed by atoms with Crippen molar-refractivity contribution in [1.29, 1.82) is 0 Å². The lowest BCUT2D eigenvalue weighted by Gasteiger charge is -2.05. The molecule has 0 aliphatic rings. The van der Waals surface area contributed by atoms with Gasteiger partial charge in [-0.1, -0.05) is 6.07 Å². The van der Waals surface area contributed by atoms with E-state index < -0.39 is 0 Å². The highest BCUT2D eigenvalue weighted by molar-refractivity contribution is 5.77. The first-order chi connectivity index (χ1) is 10.2. The summed E-state index contributed by atoms with van der Waals surface area (Å²) in [5.74, 6) is 1.82. The molecule has 1 heterocycles. The Bertz CT molecular complexity index is 757. The van der Waals surface area contributed by atoms with E-state index in [4.69, 9.17) is 19.0 Å². The van der Waals surface area contributed by atoms with Crippen LogP contribution in [-0.4, -0.2) is 24.3 Å². The fourth-order valence-corrected chi connectivity index (χ4v) is 2.12. The molecule has 0 saturated carbocycles. The number of fused-ring (bicyclic) bond motifs is 1. The van der Waals surface area contributed by atoms with Crippen LogP contribution < -0.4 is 9.47 Å². The number of oxazole rings is 1. The number of hydrogen-bond acceptors (Lipinski definition) is 5. The molecule has 21 heavy (non-hydrogen) atoms. The van der Waals surface area contributed by atoms with Gasteiger partial charge < -0.3 is 19.0 Å². The molecule has 0 unspecified atom stereocenters. The summed E-state index contributed by atoms with van der Waals surface area (Å²) in [4.78, 5) is 4.45. The van der Waals surface area contributed by atoms with Crippen LogP contribution in [0, 0.1) is 0 Å².